The first kappa shape index (κ1) is 15.3. The number of nitro groups is 1. The van der Waals surface area contributed by atoms with Gasteiger partial charge in [-0.1, -0.05) is 27.7 Å². The number of nitrogens with one attached hydrogen (secondary N) is 1. The van der Waals surface area contributed by atoms with E-state index in [4.69, 9.17) is 0 Å². The molecule has 6 nitrogen and oxygen atoms in total. The summed E-state index contributed by atoms with van der Waals surface area (Å²) in [4.78, 5) is 21.4. The van der Waals surface area contributed by atoms with Crippen LogP contribution in [0.5, 0.6) is 0 Å². The quantitative estimate of drug-likeness (QED) is 0.641. The van der Waals surface area contributed by atoms with Crippen molar-refractivity contribution in [1.29, 1.82) is 0 Å². The molecule has 0 atom stereocenters. The third kappa shape index (κ3) is 2.46. The normalized spacial score (nSPS) is 19.0. The fourth-order valence-electron chi connectivity index (χ4n) is 3.03. The molecule has 114 valence electrons. The lowest BCUT2D eigenvalue weighted by molar-refractivity contribution is -0.384. The van der Waals surface area contributed by atoms with Gasteiger partial charge in [-0.05, 0) is 22.8 Å². The minimum Gasteiger partial charge on any atom is -0.478 e. The molecule has 1 aliphatic rings. The van der Waals surface area contributed by atoms with E-state index in [9.17, 15) is 20.0 Å². The van der Waals surface area contributed by atoms with E-state index in [0.717, 1.165) is 6.07 Å². The minimum atomic E-state index is -1.17. The van der Waals surface area contributed by atoms with Gasteiger partial charge < -0.3 is 10.4 Å². The van der Waals surface area contributed by atoms with Gasteiger partial charge in [-0.3, -0.25) is 10.1 Å². The summed E-state index contributed by atoms with van der Waals surface area (Å²) in [5.74, 6) is -0.739. The third-order valence-electron chi connectivity index (χ3n) is 5.26. The second-order valence-corrected chi connectivity index (χ2v) is 6.67. The Morgan fingerprint density at radius 2 is 1.90 bits per heavy atom. The largest absolute Gasteiger partial charge is 0.478 e. The highest BCUT2D eigenvalue weighted by molar-refractivity contribution is 5.95. The molecule has 0 aromatic heterocycles. The van der Waals surface area contributed by atoms with Crippen molar-refractivity contribution in [2.24, 2.45) is 16.7 Å². The number of nitro benzene ring substituents is 1. The van der Waals surface area contributed by atoms with Crippen molar-refractivity contribution in [2.45, 2.75) is 27.7 Å². The summed E-state index contributed by atoms with van der Waals surface area (Å²) < 4.78 is 0. The molecule has 0 aliphatic heterocycles. The summed E-state index contributed by atoms with van der Waals surface area (Å²) in [5.41, 5.74) is 0.533. The zero-order valence-electron chi connectivity index (χ0n) is 12.6. The van der Waals surface area contributed by atoms with Crippen LogP contribution >= 0.6 is 0 Å². The van der Waals surface area contributed by atoms with Crippen molar-refractivity contribution in [3.63, 3.8) is 0 Å². The van der Waals surface area contributed by atoms with E-state index in [2.05, 4.69) is 33.0 Å². The number of nitrogens with zero attached hydrogens (tertiary/aromatic N) is 1. The Labute approximate surface area is 123 Å². The molecule has 0 radical (unpaired) electrons. The number of carboxylic acids is 1. The standard InChI is InChI=1S/C15H20N2O4/c1-14(2)12(15(14,3)4)8-16-11-6-5-9(17(20)21)7-10(11)13(18)19/h5-7,12,16H,8H2,1-4H3,(H,18,19). The first-order valence-electron chi connectivity index (χ1n) is 6.84. The van der Waals surface area contributed by atoms with Gasteiger partial charge in [0.15, 0.2) is 0 Å². The lowest BCUT2D eigenvalue weighted by Crippen LogP contribution is -2.12. The van der Waals surface area contributed by atoms with E-state index in [0.29, 0.717) is 18.2 Å². The summed E-state index contributed by atoms with van der Waals surface area (Å²) in [6.45, 7) is 9.40. The molecule has 0 spiro atoms. The molecule has 0 unspecified atom stereocenters. The lowest BCUT2D eigenvalue weighted by Gasteiger charge is -2.10. The Balaban J connectivity index is 2.18. The van der Waals surface area contributed by atoms with Crippen LogP contribution in [0.25, 0.3) is 0 Å². The van der Waals surface area contributed by atoms with Crippen LogP contribution in [-0.4, -0.2) is 22.5 Å². The van der Waals surface area contributed by atoms with Gasteiger partial charge in [0.1, 0.15) is 0 Å². The maximum atomic E-state index is 11.2. The zero-order valence-corrected chi connectivity index (χ0v) is 12.6. The van der Waals surface area contributed by atoms with E-state index in [1.54, 1.807) is 0 Å². The molecular formula is C15H20N2O4. The number of aromatic carboxylic acids is 1. The molecule has 0 saturated heterocycles. The molecule has 1 aromatic carbocycles. The smallest absolute Gasteiger partial charge is 0.338 e. The first-order valence-corrected chi connectivity index (χ1v) is 6.84. The molecule has 21 heavy (non-hydrogen) atoms. The molecule has 1 fully saturated rings. The van der Waals surface area contributed by atoms with Gasteiger partial charge in [-0.15, -0.1) is 0 Å². The Kier molecular flexibility index (Phi) is 3.43. The van der Waals surface area contributed by atoms with Crippen LogP contribution in [-0.2, 0) is 0 Å². The van der Waals surface area contributed by atoms with E-state index in [1.165, 1.54) is 12.1 Å². The van der Waals surface area contributed by atoms with Crippen LogP contribution in [0.2, 0.25) is 0 Å². The van der Waals surface area contributed by atoms with Crippen LogP contribution in [0.3, 0.4) is 0 Å². The van der Waals surface area contributed by atoms with Gasteiger partial charge >= 0.3 is 5.97 Å². The fraction of sp³-hybridized carbons (Fsp3) is 0.533. The SMILES string of the molecule is CC1(C)C(CNc2ccc([N+](=O)[O-])cc2C(=O)O)C1(C)C. The predicted octanol–water partition coefficient (Wildman–Crippen LogP) is 3.39. The summed E-state index contributed by atoms with van der Waals surface area (Å²) in [6.07, 6.45) is 0. The Morgan fingerprint density at radius 3 is 2.33 bits per heavy atom. The van der Waals surface area contributed by atoms with Gasteiger partial charge in [0.2, 0.25) is 0 Å². The van der Waals surface area contributed by atoms with E-state index < -0.39 is 10.9 Å². The van der Waals surface area contributed by atoms with Gasteiger partial charge in [0.25, 0.3) is 5.69 Å². The highest BCUT2D eigenvalue weighted by Crippen LogP contribution is 2.68. The van der Waals surface area contributed by atoms with Crippen molar-refractivity contribution in [1.82, 2.24) is 0 Å². The number of anilines is 1. The number of non-ortho nitro benzene ring substituents is 1. The maximum Gasteiger partial charge on any atom is 0.338 e. The molecule has 2 rings (SSSR count). The highest BCUT2D eigenvalue weighted by atomic mass is 16.6. The van der Waals surface area contributed by atoms with Crippen molar-refractivity contribution in [3.05, 3.63) is 33.9 Å². The number of carboxylic acid groups (broad SMARTS) is 1. The molecule has 0 amide bonds. The maximum absolute atomic E-state index is 11.2. The zero-order chi connectivity index (χ0) is 16.0. The topological polar surface area (TPSA) is 92.5 Å². The van der Waals surface area contributed by atoms with Crippen molar-refractivity contribution in [2.75, 3.05) is 11.9 Å². The van der Waals surface area contributed by atoms with Gasteiger partial charge in [0, 0.05) is 24.4 Å². The second kappa shape index (κ2) is 4.72. The van der Waals surface area contributed by atoms with E-state index in [-0.39, 0.29) is 22.1 Å². The monoisotopic (exact) mass is 292 g/mol. The molecule has 2 N–H and O–H groups in total. The first-order chi connectivity index (χ1) is 9.59. The van der Waals surface area contributed by atoms with Crippen LogP contribution in [0.15, 0.2) is 18.2 Å². The third-order valence-corrected chi connectivity index (χ3v) is 5.26. The molecule has 1 saturated carbocycles. The number of hydrogen-bond donors (Lipinski definition) is 2. The van der Waals surface area contributed by atoms with Crippen LogP contribution in [0, 0.1) is 26.9 Å². The summed E-state index contributed by atoms with van der Waals surface area (Å²) in [5, 5.41) is 23.1. The van der Waals surface area contributed by atoms with Crippen LogP contribution < -0.4 is 5.32 Å². The molecule has 6 heteroatoms. The number of benzene rings is 1. The Hall–Kier alpha value is -2.11. The van der Waals surface area contributed by atoms with Gasteiger partial charge in [0.05, 0.1) is 10.5 Å². The Bertz CT molecular complexity index is 594. The number of rotatable bonds is 5. The van der Waals surface area contributed by atoms with E-state index in [1.807, 2.05) is 0 Å². The number of carbonyl (C=O) groups is 1. The van der Waals surface area contributed by atoms with Crippen molar-refractivity contribution >= 4 is 17.3 Å². The minimum absolute atomic E-state index is 0.0690. The van der Waals surface area contributed by atoms with Crippen molar-refractivity contribution in [3.8, 4) is 0 Å². The summed E-state index contributed by atoms with van der Waals surface area (Å²) >= 11 is 0. The van der Waals surface area contributed by atoms with Crippen LogP contribution in [0.1, 0.15) is 38.1 Å². The molecule has 1 aliphatic carbocycles. The highest BCUT2D eigenvalue weighted by Gasteiger charge is 2.64. The Morgan fingerprint density at radius 1 is 1.33 bits per heavy atom. The predicted molar refractivity (Wildman–Crippen MR) is 79.6 cm³/mol. The lowest BCUT2D eigenvalue weighted by atomic mass is 10.0. The number of hydrogen-bond acceptors (Lipinski definition) is 4. The van der Waals surface area contributed by atoms with Crippen LogP contribution in [0.4, 0.5) is 11.4 Å². The van der Waals surface area contributed by atoms with E-state index >= 15 is 0 Å². The summed E-state index contributed by atoms with van der Waals surface area (Å²) in [7, 11) is 0. The second-order valence-electron chi connectivity index (χ2n) is 6.67. The van der Waals surface area contributed by atoms with Gasteiger partial charge in [-0.2, -0.15) is 0 Å². The molecule has 0 heterocycles. The van der Waals surface area contributed by atoms with Crippen molar-refractivity contribution < 1.29 is 14.8 Å². The fourth-order valence-corrected chi connectivity index (χ4v) is 3.03. The average molecular weight is 292 g/mol. The molecule has 0 bridgehead atoms. The summed E-state index contributed by atoms with van der Waals surface area (Å²) in [6, 6.07) is 3.87. The van der Waals surface area contributed by atoms with Gasteiger partial charge in [-0.25, -0.2) is 4.79 Å². The molecule has 1 aromatic rings. The average Bonchev–Trinajstić information content (AvgIpc) is 2.76. The molecular weight excluding hydrogens is 272 g/mol.